The van der Waals surface area contributed by atoms with Crippen molar-refractivity contribution in [1.29, 1.82) is 0 Å². The van der Waals surface area contributed by atoms with E-state index in [0.717, 1.165) is 37.7 Å². The van der Waals surface area contributed by atoms with Crippen LogP contribution in [0.5, 0.6) is 5.75 Å². The molecule has 1 amide bonds. The van der Waals surface area contributed by atoms with Crippen LogP contribution < -0.4 is 20.3 Å². The highest BCUT2D eigenvalue weighted by Gasteiger charge is 2.14. The first kappa shape index (κ1) is 15.2. The first-order valence-electron chi connectivity index (χ1n) is 7.51. The van der Waals surface area contributed by atoms with Crippen LogP contribution in [0.2, 0.25) is 0 Å². The molecule has 3 rings (SSSR count). The maximum absolute atomic E-state index is 12.2. The van der Waals surface area contributed by atoms with Gasteiger partial charge in [0.1, 0.15) is 5.75 Å². The van der Waals surface area contributed by atoms with Gasteiger partial charge in [0.05, 0.1) is 7.11 Å². The van der Waals surface area contributed by atoms with Gasteiger partial charge in [0.15, 0.2) is 11.5 Å². The molecule has 0 aliphatic carbocycles. The minimum Gasteiger partial charge on any atom is -0.497 e. The SMILES string of the molecule is COc1ccc(NC(=O)c2ccc(N3CCNCC3)nn2)cc1. The molecule has 7 heteroatoms. The molecule has 0 bridgehead atoms. The lowest BCUT2D eigenvalue weighted by Gasteiger charge is -2.27. The highest BCUT2D eigenvalue weighted by atomic mass is 16.5. The molecule has 1 fully saturated rings. The fraction of sp³-hybridized carbons (Fsp3) is 0.312. The van der Waals surface area contributed by atoms with E-state index in [2.05, 4.69) is 25.7 Å². The third kappa shape index (κ3) is 3.75. The molecule has 1 aliphatic rings. The lowest BCUT2D eigenvalue weighted by atomic mass is 10.3. The largest absolute Gasteiger partial charge is 0.497 e. The monoisotopic (exact) mass is 313 g/mol. The molecular weight excluding hydrogens is 294 g/mol. The predicted octanol–water partition coefficient (Wildman–Crippen LogP) is 1.15. The van der Waals surface area contributed by atoms with Crippen molar-refractivity contribution in [3.8, 4) is 5.75 Å². The van der Waals surface area contributed by atoms with Crippen molar-refractivity contribution in [1.82, 2.24) is 15.5 Å². The second-order valence-electron chi connectivity index (χ2n) is 5.20. The van der Waals surface area contributed by atoms with E-state index in [1.165, 1.54) is 0 Å². The summed E-state index contributed by atoms with van der Waals surface area (Å²) in [5.74, 6) is 1.25. The number of carbonyl (C=O) groups excluding carboxylic acids is 1. The van der Waals surface area contributed by atoms with E-state index >= 15 is 0 Å². The van der Waals surface area contributed by atoms with Gasteiger partial charge < -0.3 is 20.3 Å². The Hall–Kier alpha value is -2.67. The van der Waals surface area contributed by atoms with Crippen LogP contribution >= 0.6 is 0 Å². The highest BCUT2D eigenvalue weighted by Crippen LogP contribution is 2.16. The number of nitrogens with zero attached hydrogens (tertiary/aromatic N) is 3. The van der Waals surface area contributed by atoms with Gasteiger partial charge in [-0.1, -0.05) is 0 Å². The number of piperazine rings is 1. The Morgan fingerprint density at radius 1 is 1.13 bits per heavy atom. The first-order valence-corrected chi connectivity index (χ1v) is 7.51. The summed E-state index contributed by atoms with van der Waals surface area (Å²) in [5.41, 5.74) is 0.975. The lowest BCUT2D eigenvalue weighted by Crippen LogP contribution is -2.44. The fourth-order valence-corrected chi connectivity index (χ4v) is 2.38. The summed E-state index contributed by atoms with van der Waals surface area (Å²) in [7, 11) is 1.60. The molecule has 1 aromatic heterocycles. The van der Waals surface area contributed by atoms with Crippen molar-refractivity contribution in [3.05, 3.63) is 42.1 Å². The smallest absolute Gasteiger partial charge is 0.276 e. The van der Waals surface area contributed by atoms with Crippen molar-refractivity contribution in [2.75, 3.05) is 43.5 Å². The number of methoxy groups -OCH3 is 1. The van der Waals surface area contributed by atoms with Gasteiger partial charge in [0.2, 0.25) is 0 Å². The second kappa shape index (κ2) is 7.06. The van der Waals surface area contributed by atoms with Crippen LogP contribution in [0.25, 0.3) is 0 Å². The molecule has 0 saturated carbocycles. The number of nitrogens with one attached hydrogen (secondary N) is 2. The van der Waals surface area contributed by atoms with E-state index in [9.17, 15) is 4.79 Å². The molecule has 2 aromatic rings. The molecule has 120 valence electrons. The number of aromatic nitrogens is 2. The molecule has 0 radical (unpaired) electrons. The topological polar surface area (TPSA) is 79.4 Å². The number of hydrogen-bond donors (Lipinski definition) is 2. The van der Waals surface area contributed by atoms with Crippen LogP contribution in [0.1, 0.15) is 10.5 Å². The van der Waals surface area contributed by atoms with E-state index in [1.807, 2.05) is 6.07 Å². The molecule has 1 aliphatic heterocycles. The average molecular weight is 313 g/mol. The molecule has 0 spiro atoms. The Balaban J connectivity index is 1.64. The summed E-state index contributed by atoms with van der Waals surface area (Å²) in [5, 5.41) is 14.3. The fourth-order valence-electron chi connectivity index (χ4n) is 2.38. The van der Waals surface area contributed by atoms with Crippen LogP contribution in [0.15, 0.2) is 36.4 Å². The third-order valence-electron chi connectivity index (χ3n) is 3.67. The molecule has 1 saturated heterocycles. The van der Waals surface area contributed by atoms with E-state index in [4.69, 9.17) is 4.74 Å². The number of hydrogen-bond acceptors (Lipinski definition) is 6. The number of carbonyl (C=O) groups is 1. The normalized spacial score (nSPS) is 14.4. The molecule has 0 atom stereocenters. The maximum Gasteiger partial charge on any atom is 0.276 e. The maximum atomic E-state index is 12.2. The molecular formula is C16H19N5O2. The van der Waals surface area contributed by atoms with Gasteiger partial charge in [-0.3, -0.25) is 4.79 Å². The van der Waals surface area contributed by atoms with Crippen molar-refractivity contribution < 1.29 is 9.53 Å². The molecule has 23 heavy (non-hydrogen) atoms. The number of ether oxygens (including phenoxy) is 1. The van der Waals surface area contributed by atoms with Crippen molar-refractivity contribution in [2.24, 2.45) is 0 Å². The standard InChI is InChI=1S/C16H19N5O2/c1-23-13-4-2-12(3-5-13)18-16(22)14-6-7-15(20-19-14)21-10-8-17-9-11-21/h2-7,17H,8-11H2,1H3,(H,18,22). The number of amides is 1. The molecule has 0 unspecified atom stereocenters. The zero-order valence-corrected chi connectivity index (χ0v) is 13.0. The van der Waals surface area contributed by atoms with Crippen LogP contribution in [-0.4, -0.2) is 49.4 Å². The average Bonchev–Trinajstić information content (AvgIpc) is 2.63. The van der Waals surface area contributed by atoms with Crippen molar-refractivity contribution >= 4 is 17.4 Å². The van der Waals surface area contributed by atoms with Crippen LogP contribution in [-0.2, 0) is 0 Å². The Morgan fingerprint density at radius 3 is 2.48 bits per heavy atom. The molecule has 2 N–H and O–H groups in total. The van der Waals surface area contributed by atoms with Gasteiger partial charge in [-0.15, -0.1) is 10.2 Å². The van der Waals surface area contributed by atoms with Gasteiger partial charge in [-0.05, 0) is 36.4 Å². The van der Waals surface area contributed by atoms with Crippen LogP contribution in [0, 0.1) is 0 Å². The Morgan fingerprint density at radius 2 is 1.87 bits per heavy atom. The molecule has 2 heterocycles. The number of anilines is 2. The lowest BCUT2D eigenvalue weighted by molar-refractivity contribution is 0.102. The number of rotatable bonds is 4. The summed E-state index contributed by atoms with van der Waals surface area (Å²) in [6, 6.07) is 10.7. The van der Waals surface area contributed by atoms with E-state index in [1.54, 1.807) is 37.4 Å². The Kier molecular flexibility index (Phi) is 4.68. The van der Waals surface area contributed by atoms with Gasteiger partial charge in [-0.25, -0.2) is 0 Å². The van der Waals surface area contributed by atoms with E-state index < -0.39 is 0 Å². The summed E-state index contributed by atoms with van der Waals surface area (Å²) in [6.45, 7) is 3.65. The van der Waals surface area contributed by atoms with E-state index in [-0.39, 0.29) is 5.91 Å². The predicted molar refractivity (Wildman–Crippen MR) is 88.1 cm³/mol. The zero-order valence-electron chi connectivity index (χ0n) is 13.0. The third-order valence-corrected chi connectivity index (χ3v) is 3.67. The van der Waals surface area contributed by atoms with Crippen molar-refractivity contribution in [3.63, 3.8) is 0 Å². The summed E-state index contributed by atoms with van der Waals surface area (Å²) in [4.78, 5) is 14.3. The van der Waals surface area contributed by atoms with E-state index in [0.29, 0.717) is 11.4 Å². The summed E-state index contributed by atoms with van der Waals surface area (Å²) >= 11 is 0. The van der Waals surface area contributed by atoms with Crippen molar-refractivity contribution in [2.45, 2.75) is 0 Å². The first-order chi connectivity index (χ1) is 11.3. The second-order valence-corrected chi connectivity index (χ2v) is 5.20. The Labute approximate surface area is 134 Å². The van der Waals surface area contributed by atoms with Gasteiger partial charge in [-0.2, -0.15) is 0 Å². The quantitative estimate of drug-likeness (QED) is 0.881. The summed E-state index contributed by atoms with van der Waals surface area (Å²) in [6.07, 6.45) is 0. The molecule has 7 nitrogen and oxygen atoms in total. The van der Waals surface area contributed by atoms with Crippen LogP contribution in [0.4, 0.5) is 11.5 Å². The highest BCUT2D eigenvalue weighted by molar-refractivity contribution is 6.02. The van der Waals surface area contributed by atoms with Gasteiger partial charge >= 0.3 is 0 Å². The van der Waals surface area contributed by atoms with Gasteiger partial charge in [0.25, 0.3) is 5.91 Å². The Bertz CT molecular complexity index is 651. The summed E-state index contributed by atoms with van der Waals surface area (Å²) < 4.78 is 5.09. The van der Waals surface area contributed by atoms with Crippen LogP contribution in [0.3, 0.4) is 0 Å². The number of benzene rings is 1. The zero-order chi connectivity index (χ0) is 16.1. The minimum absolute atomic E-state index is 0.283. The molecule has 1 aromatic carbocycles. The minimum atomic E-state index is -0.283. The van der Waals surface area contributed by atoms with Gasteiger partial charge in [0, 0.05) is 31.9 Å².